The van der Waals surface area contributed by atoms with E-state index in [2.05, 4.69) is 35.6 Å². The van der Waals surface area contributed by atoms with Crippen LogP contribution in [0, 0.1) is 5.82 Å². The van der Waals surface area contributed by atoms with E-state index in [1.165, 1.54) is 46.2 Å². The maximum atomic E-state index is 13.3. The molecule has 3 aromatic carbocycles. The van der Waals surface area contributed by atoms with Crippen molar-refractivity contribution < 1.29 is 9.18 Å². The Kier molecular flexibility index (Phi) is 5.26. The molecule has 1 aromatic heterocycles. The first-order valence-corrected chi connectivity index (χ1v) is 12.5. The Bertz CT molecular complexity index is 1470. The summed E-state index contributed by atoms with van der Waals surface area (Å²) in [5, 5.41) is 6.17. The van der Waals surface area contributed by atoms with Crippen molar-refractivity contribution in [3.05, 3.63) is 106 Å². The van der Waals surface area contributed by atoms with Crippen molar-refractivity contribution in [2.75, 3.05) is 11.1 Å². The molecular weight excluding hydrogens is 447 g/mol. The van der Waals surface area contributed by atoms with E-state index in [0.29, 0.717) is 23.8 Å². The monoisotopic (exact) mass is 470 g/mol. The number of hydrogen-bond acceptors (Lipinski definition) is 3. The van der Waals surface area contributed by atoms with Crippen LogP contribution in [-0.4, -0.2) is 16.2 Å². The third kappa shape index (κ3) is 3.82. The van der Waals surface area contributed by atoms with Gasteiger partial charge in [0.05, 0.1) is 5.03 Å². The molecule has 1 fully saturated rings. The first-order valence-electron chi connectivity index (χ1n) is 11.5. The molecule has 34 heavy (non-hydrogen) atoms. The largest absolute Gasteiger partial charge is 0.324 e. The lowest BCUT2D eigenvalue weighted by atomic mass is 9.95. The van der Waals surface area contributed by atoms with Crippen LogP contribution in [0.2, 0.25) is 0 Å². The number of nitrogens with zero attached hydrogens (tertiary/aromatic N) is 1. The minimum absolute atomic E-state index is 0.140. The van der Waals surface area contributed by atoms with Crippen molar-refractivity contribution in [3.63, 3.8) is 0 Å². The van der Waals surface area contributed by atoms with Crippen LogP contribution >= 0.6 is 11.8 Å². The number of hydrogen-bond donors (Lipinski definition) is 1. The van der Waals surface area contributed by atoms with Crippen LogP contribution in [0.1, 0.15) is 41.5 Å². The number of fused-ring (bicyclic) bond motifs is 2. The Balaban J connectivity index is 1.37. The van der Waals surface area contributed by atoms with Crippen LogP contribution in [0.15, 0.2) is 82.6 Å². The molecule has 170 valence electrons. The first kappa shape index (κ1) is 21.2. The number of carbonyl (C=O) groups excluding carboxylic acids is 1. The molecule has 6 rings (SSSR count). The van der Waals surface area contributed by atoms with Crippen molar-refractivity contribution >= 4 is 34.1 Å². The van der Waals surface area contributed by atoms with Crippen LogP contribution in [-0.2, 0) is 11.2 Å². The lowest BCUT2D eigenvalue weighted by molar-refractivity contribution is -0.118. The van der Waals surface area contributed by atoms with E-state index in [9.17, 15) is 14.0 Å². The fourth-order valence-electron chi connectivity index (χ4n) is 4.90. The molecular formula is C28H23FN2O2S. The predicted molar refractivity (Wildman–Crippen MR) is 134 cm³/mol. The maximum Gasteiger partial charge on any atom is 0.252 e. The molecule has 0 bridgehead atoms. The second-order valence-electron chi connectivity index (χ2n) is 9.01. The van der Waals surface area contributed by atoms with Crippen LogP contribution < -0.4 is 10.9 Å². The molecule has 2 heterocycles. The van der Waals surface area contributed by atoms with Gasteiger partial charge in [0.2, 0.25) is 5.91 Å². The van der Waals surface area contributed by atoms with Gasteiger partial charge in [0.1, 0.15) is 11.9 Å². The highest BCUT2D eigenvalue weighted by atomic mass is 32.2. The standard InChI is InChI=1S/C28H23FN2O2S/c29-21-10-12-22(13-11-21)30-27(33)24-16-34-28-26(18-8-9-18)20(15-25(32)31(24)28)14-19-6-3-5-17-4-1-2-7-23(17)19/h1-7,10-13,15,18,24H,8-9,14,16H2,(H,30,33). The zero-order valence-electron chi connectivity index (χ0n) is 18.5. The molecule has 0 saturated heterocycles. The zero-order chi connectivity index (χ0) is 23.2. The fourth-order valence-corrected chi connectivity index (χ4v) is 6.32. The smallest absolute Gasteiger partial charge is 0.252 e. The molecule has 1 saturated carbocycles. The van der Waals surface area contributed by atoms with Gasteiger partial charge in [-0.2, -0.15) is 0 Å². The average molecular weight is 471 g/mol. The lowest BCUT2D eigenvalue weighted by Crippen LogP contribution is -2.33. The molecule has 1 N–H and O–H groups in total. The minimum atomic E-state index is -0.582. The number of halogens is 1. The summed E-state index contributed by atoms with van der Waals surface area (Å²) in [6.07, 6.45) is 2.92. The highest BCUT2D eigenvalue weighted by Crippen LogP contribution is 2.48. The van der Waals surface area contributed by atoms with Gasteiger partial charge < -0.3 is 5.32 Å². The number of nitrogens with one attached hydrogen (secondary N) is 1. The van der Waals surface area contributed by atoms with E-state index < -0.39 is 6.04 Å². The van der Waals surface area contributed by atoms with E-state index in [0.717, 1.165) is 23.4 Å². The molecule has 1 unspecified atom stereocenters. The zero-order valence-corrected chi connectivity index (χ0v) is 19.3. The lowest BCUT2D eigenvalue weighted by Gasteiger charge is -2.18. The summed E-state index contributed by atoms with van der Waals surface area (Å²) in [5.74, 6) is 0.352. The van der Waals surface area contributed by atoms with Gasteiger partial charge in [-0.1, -0.05) is 42.5 Å². The number of aromatic nitrogens is 1. The molecule has 4 aromatic rings. The quantitative estimate of drug-likeness (QED) is 0.395. The molecule has 0 spiro atoms. The van der Waals surface area contributed by atoms with Gasteiger partial charge in [-0.05, 0) is 76.9 Å². The summed E-state index contributed by atoms with van der Waals surface area (Å²) in [6, 6.07) is 21.5. The van der Waals surface area contributed by atoms with E-state index in [1.807, 2.05) is 12.1 Å². The van der Waals surface area contributed by atoms with Crippen molar-refractivity contribution in [1.29, 1.82) is 0 Å². The number of amides is 1. The first-order chi connectivity index (χ1) is 16.6. The number of anilines is 1. The summed E-state index contributed by atoms with van der Waals surface area (Å²) in [4.78, 5) is 26.4. The molecule has 2 aliphatic rings. The van der Waals surface area contributed by atoms with Crippen molar-refractivity contribution in [2.45, 2.75) is 36.2 Å². The maximum absolute atomic E-state index is 13.3. The van der Waals surface area contributed by atoms with E-state index in [1.54, 1.807) is 22.4 Å². The molecule has 1 aliphatic heterocycles. The number of pyridine rings is 1. The molecule has 1 amide bonds. The summed E-state index contributed by atoms with van der Waals surface area (Å²) >= 11 is 1.60. The van der Waals surface area contributed by atoms with E-state index in [-0.39, 0.29) is 17.3 Å². The molecule has 1 atom stereocenters. The van der Waals surface area contributed by atoms with Gasteiger partial charge in [-0.15, -0.1) is 11.8 Å². The number of carbonyl (C=O) groups is 1. The Hall–Kier alpha value is -3.38. The van der Waals surface area contributed by atoms with Crippen LogP contribution in [0.5, 0.6) is 0 Å². The highest BCUT2D eigenvalue weighted by molar-refractivity contribution is 7.99. The van der Waals surface area contributed by atoms with Gasteiger partial charge in [0, 0.05) is 17.5 Å². The van der Waals surface area contributed by atoms with Crippen molar-refractivity contribution in [1.82, 2.24) is 4.57 Å². The molecule has 4 nitrogen and oxygen atoms in total. The van der Waals surface area contributed by atoms with Crippen LogP contribution in [0.3, 0.4) is 0 Å². The Morgan fingerprint density at radius 3 is 2.56 bits per heavy atom. The van der Waals surface area contributed by atoms with Crippen molar-refractivity contribution in [3.8, 4) is 0 Å². The average Bonchev–Trinajstić information content (AvgIpc) is 3.57. The third-order valence-corrected chi connectivity index (χ3v) is 7.85. The van der Waals surface area contributed by atoms with Gasteiger partial charge in [-0.3, -0.25) is 14.2 Å². The van der Waals surface area contributed by atoms with Gasteiger partial charge >= 0.3 is 0 Å². The number of benzene rings is 3. The highest BCUT2D eigenvalue weighted by Gasteiger charge is 2.37. The second kappa shape index (κ2) is 8.44. The Labute approximate surface area is 200 Å². The van der Waals surface area contributed by atoms with Crippen molar-refractivity contribution in [2.24, 2.45) is 0 Å². The van der Waals surface area contributed by atoms with Gasteiger partial charge in [0.15, 0.2) is 0 Å². The number of rotatable bonds is 5. The summed E-state index contributed by atoms with van der Waals surface area (Å²) in [5.41, 5.74) is 3.89. The molecule has 1 aliphatic carbocycles. The Morgan fingerprint density at radius 2 is 1.76 bits per heavy atom. The van der Waals surface area contributed by atoms with E-state index >= 15 is 0 Å². The van der Waals surface area contributed by atoms with E-state index in [4.69, 9.17) is 0 Å². The van der Waals surface area contributed by atoms with Crippen LogP contribution in [0.4, 0.5) is 10.1 Å². The fraction of sp³-hybridized carbons (Fsp3) is 0.214. The summed E-state index contributed by atoms with van der Waals surface area (Å²) < 4.78 is 14.9. The topological polar surface area (TPSA) is 51.1 Å². The molecule has 0 radical (unpaired) electrons. The number of thioether (sulfide) groups is 1. The summed E-state index contributed by atoms with van der Waals surface area (Å²) in [6.45, 7) is 0. The summed E-state index contributed by atoms with van der Waals surface area (Å²) in [7, 11) is 0. The SMILES string of the molecule is O=C(Nc1ccc(F)cc1)C1CSc2c(C3CC3)c(Cc3cccc4ccccc34)cc(=O)n21. The normalized spacial score (nSPS) is 17.0. The molecule has 6 heteroatoms. The third-order valence-electron chi connectivity index (χ3n) is 6.68. The van der Waals surface area contributed by atoms with Gasteiger partial charge in [-0.25, -0.2) is 4.39 Å². The van der Waals surface area contributed by atoms with Gasteiger partial charge in [0.25, 0.3) is 5.56 Å². The predicted octanol–water partition coefficient (Wildman–Crippen LogP) is 5.89. The second-order valence-corrected chi connectivity index (χ2v) is 10.0. The van der Waals surface area contributed by atoms with Crippen LogP contribution in [0.25, 0.3) is 10.8 Å². The Morgan fingerprint density at radius 1 is 1.00 bits per heavy atom. The minimum Gasteiger partial charge on any atom is -0.324 e.